The first-order chi connectivity index (χ1) is 10.2. The lowest BCUT2D eigenvalue weighted by Gasteiger charge is -2.33. The van der Waals surface area contributed by atoms with Gasteiger partial charge < -0.3 is 9.32 Å². The largest absolute Gasteiger partial charge is 0.433 e. The average Bonchev–Trinajstić information content (AvgIpc) is 3.17. The van der Waals surface area contributed by atoms with Gasteiger partial charge in [0.25, 0.3) is 5.91 Å². The molecule has 2 heterocycles. The van der Waals surface area contributed by atoms with E-state index in [0.717, 1.165) is 19.4 Å². The molecule has 1 saturated heterocycles. The van der Waals surface area contributed by atoms with Crippen LogP contribution in [0.25, 0.3) is 0 Å². The Morgan fingerprint density at radius 3 is 2.62 bits per heavy atom. The van der Waals surface area contributed by atoms with Crippen LogP contribution in [0.15, 0.2) is 16.5 Å². The molecule has 1 aromatic rings. The molecule has 2 aliphatic rings. The number of amides is 1. The lowest BCUT2D eigenvalue weighted by atomic mass is 9.83. The van der Waals surface area contributed by atoms with Gasteiger partial charge in [-0.3, -0.25) is 14.9 Å². The molecular weight excluding hydrogens is 272 g/mol. The molecule has 0 spiro atoms. The number of furan rings is 1. The molecule has 1 unspecified atom stereocenters. The maximum absolute atomic E-state index is 12.5. The standard InChI is InChI=1S/C15H20N2O4/c18-15(13-8-9-14(21-13)17(19)20)16-10-4-7-12(16)11-5-2-1-3-6-11/h8-9,11-12H,1-7,10H2. The number of nitrogens with zero attached hydrogens (tertiary/aromatic N) is 2. The van der Waals surface area contributed by atoms with Crippen molar-refractivity contribution >= 4 is 11.8 Å². The predicted octanol–water partition coefficient (Wildman–Crippen LogP) is 3.37. The molecular formula is C15H20N2O4. The first-order valence-corrected chi connectivity index (χ1v) is 7.72. The van der Waals surface area contributed by atoms with Gasteiger partial charge in [-0.05, 0) is 37.7 Å². The first-order valence-electron chi connectivity index (χ1n) is 7.72. The van der Waals surface area contributed by atoms with Crippen LogP contribution in [0, 0.1) is 16.0 Å². The van der Waals surface area contributed by atoms with Crippen LogP contribution in [0.5, 0.6) is 0 Å². The van der Waals surface area contributed by atoms with E-state index in [2.05, 4.69) is 0 Å². The molecule has 1 atom stereocenters. The van der Waals surface area contributed by atoms with Crippen LogP contribution in [0.4, 0.5) is 5.88 Å². The molecule has 0 aromatic carbocycles. The summed E-state index contributed by atoms with van der Waals surface area (Å²) in [6, 6.07) is 2.94. The Balaban J connectivity index is 1.74. The average molecular weight is 292 g/mol. The van der Waals surface area contributed by atoms with Crippen LogP contribution in [0.3, 0.4) is 0 Å². The highest BCUT2D eigenvalue weighted by atomic mass is 16.6. The van der Waals surface area contributed by atoms with Gasteiger partial charge in [0.1, 0.15) is 4.92 Å². The molecule has 0 N–H and O–H groups in total. The van der Waals surface area contributed by atoms with E-state index in [1.165, 1.54) is 44.2 Å². The van der Waals surface area contributed by atoms with Gasteiger partial charge in [0.05, 0.1) is 6.07 Å². The van der Waals surface area contributed by atoms with Gasteiger partial charge >= 0.3 is 5.88 Å². The number of nitro groups is 1. The quantitative estimate of drug-likeness (QED) is 0.632. The SMILES string of the molecule is O=C(c1ccc([N+](=O)[O-])o1)N1CCCC1C1CCCCC1. The van der Waals surface area contributed by atoms with Gasteiger partial charge in [0, 0.05) is 12.6 Å². The van der Waals surface area contributed by atoms with Crippen molar-refractivity contribution in [2.75, 3.05) is 6.54 Å². The Bertz CT molecular complexity index is 534. The summed E-state index contributed by atoms with van der Waals surface area (Å²) in [5.74, 6) is 0.0995. The normalized spacial score (nSPS) is 23.4. The zero-order valence-electron chi connectivity index (χ0n) is 12.0. The molecule has 1 amide bonds. The second kappa shape index (κ2) is 5.87. The summed E-state index contributed by atoms with van der Waals surface area (Å²) < 4.78 is 5.06. The van der Waals surface area contributed by atoms with E-state index in [1.807, 2.05) is 4.90 Å². The summed E-state index contributed by atoms with van der Waals surface area (Å²) >= 11 is 0. The van der Waals surface area contributed by atoms with Gasteiger partial charge in [0.15, 0.2) is 5.76 Å². The van der Waals surface area contributed by atoms with E-state index < -0.39 is 4.92 Å². The van der Waals surface area contributed by atoms with Gasteiger partial charge in [-0.2, -0.15) is 0 Å². The van der Waals surface area contributed by atoms with Crippen molar-refractivity contribution in [2.45, 2.75) is 51.0 Å². The Labute approximate surface area is 123 Å². The van der Waals surface area contributed by atoms with Crippen molar-refractivity contribution in [1.82, 2.24) is 4.90 Å². The molecule has 6 nitrogen and oxygen atoms in total. The minimum atomic E-state index is -0.612. The highest BCUT2D eigenvalue weighted by molar-refractivity contribution is 5.92. The summed E-state index contributed by atoms with van der Waals surface area (Å²) in [5, 5.41) is 10.7. The van der Waals surface area contributed by atoms with Crippen molar-refractivity contribution in [3.8, 4) is 0 Å². The lowest BCUT2D eigenvalue weighted by Crippen LogP contribution is -2.40. The minimum Gasteiger partial charge on any atom is -0.395 e. The molecule has 114 valence electrons. The lowest BCUT2D eigenvalue weighted by molar-refractivity contribution is -0.402. The second-order valence-electron chi connectivity index (χ2n) is 6.00. The van der Waals surface area contributed by atoms with E-state index in [1.54, 1.807) is 0 Å². The third kappa shape index (κ3) is 2.80. The van der Waals surface area contributed by atoms with E-state index in [9.17, 15) is 14.9 Å². The third-order valence-corrected chi connectivity index (χ3v) is 4.74. The molecule has 1 aliphatic heterocycles. The summed E-state index contributed by atoms with van der Waals surface area (Å²) in [6.07, 6.45) is 8.21. The van der Waals surface area contributed by atoms with Gasteiger partial charge in [-0.1, -0.05) is 19.3 Å². The number of carbonyl (C=O) groups is 1. The van der Waals surface area contributed by atoms with E-state index in [4.69, 9.17) is 4.42 Å². The second-order valence-corrected chi connectivity index (χ2v) is 6.00. The predicted molar refractivity (Wildman–Crippen MR) is 76.0 cm³/mol. The first kappa shape index (κ1) is 14.1. The molecule has 6 heteroatoms. The Hall–Kier alpha value is -1.85. The number of rotatable bonds is 3. The maximum atomic E-state index is 12.5. The van der Waals surface area contributed by atoms with Crippen molar-refractivity contribution < 1.29 is 14.1 Å². The van der Waals surface area contributed by atoms with E-state index in [-0.39, 0.29) is 23.6 Å². The van der Waals surface area contributed by atoms with Crippen LogP contribution in [0.1, 0.15) is 55.5 Å². The van der Waals surface area contributed by atoms with Crippen LogP contribution >= 0.6 is 0 Å². The Morgan fingerprint density at radius 2 is 1.95 bits per heavy atom. The fraction of sp³-hybridized carbons (Fsp3) is 0.667. The number of likely N-dealkylation sites (tertiary alicyclic amines) is 1. The number of carbonyl (C=O) groups excluding carboxylic acids is 1. The summed E-state index contributed by atoms with van der Waals surface area (Å²) in [4.78, 5) is 24.5. The fourth-order valence-electron chi connectivity index (χ4n) is 3.74. The van der Waals surface area contributed by atoms with Crippen LogP contribution in [0.2, 0.25) is 0 Å². The van der Waals surface area contributed by atoms with Crippen molar-refractivity contribution in [1.29, 1.82) is 0 Å². The monoisotopic (exact) mass is 292 g/mol. The molecule has 0 bridgehead atoms. The third-order valence-electron chi connectivity index (χ3n) is 4.74. The van der Waals surface area contributed by atoms with Gasteiger partial charge in [-0.15, -0.1) is 0 Å². The summed E-state index contributed by atoms with van der Waals surface area (Å²) in [7, 11) is 0. The molecule has 21 heavy (non-hydrogen) atoms. The van der Waals surface area contributed by atoms with E-state index in [0.29, 0.717) is 5.92 Å². The van der Waals surface area contributed by atoms with Gasteiger partial charge in [0.2, 0.25) is 0 Å². The van der Waals surface area contributed by atoms with Crippen LogP contribution < -0.4 is 0 Å². The van der Waals surface area contributed by atoms with Gasteiger partial charge in [-0.25, -0.2) is 0 Å². The zero-order chi connectivity index (χ0) is 14.8. The molecule has 1 aliphatic carbocycles. The topological polar surface area (TPSA) is 76.6 Å². The van der Waals surface area contributed by atoms with Crippen molar-refractivity contribution in [3.05, 3.63) is 28.0 Å². The smallest absolute Gasteiger partial charge is 0.395 e. The molecule has 1 saturated carbocycles. The Morgan fingerprint density at radius 1 is 1.19 bits per heavy atom. The van der Waals surface area contributed by atoms with Crippen molar-refractivity contribution in [3.63, 3.8) is 0 Å². The molecule has 3 rings (SSSR count). The zero-order valence-corrected chi connectivity index (χ0v) is 12.0. The molecule has 0 radical (unpaired) electrons. The Kier molecular flexibility index (Phi) is 3.94. The minimum absolute atomic E-state index is 0.0874. The number of hydrogen-bond donors (Lipinski definition) is 0. The van der Waals surface area contributed by atoms with E-state index >= 15 is 0 Å². The fourth-order valence-corrected chi connectivity index (χ4v) is 3.74. The van der Waals surface area contributed by atoms with Crippen LogP contribution in [-0.4, -0.2) is 28.3 Å². The maximum Gasteiger partial charge on any atom is 0.433 e. The highest BCUT2D eigenvalue weighted by Crippen LogP contribution is 2.35. The van der Waals surface area contributed by atoms with Crippen molar-refractivity contribution in [2.24, 2.45) is 5.92 Å². The number of hydrogen-bond acceptors (Lipinski definition) is 4. The molecule has 2 fully saturated rings. The van der Waals surface area contributed by atoms with Crippen LogP contribution in [-0.2, 0) is 0 Å². The summed E-state index contributed by atoms with van der Waals surface area (Å²) in [6.45, 7) is 0.731. The molecule has 1 aromatic heterocycles. The summed E-state index contributed by atoms with van der Waals surface area (Å²) in [5.41, 5.74) is 0. The highest BCUT2D eigenvalue weighted by Gasteiger charge is 2.36.